The molecule has 0 saturated carbocycles. The van der Waals surface area contributed by atoms with E-state index in [1.807, 2.05) is 65.4 Å². The number of thioether (sulfide) groups is 1. The topological polar surface area (TPSA) is 81.9 Å². The molecule has 4 rings (SSSR count). The van der Waals surface area contributed by atoms with Crippen LogP contribution in [0.1, 0.15) is 19.4 Å². The first-order chi connectivity index (χ1) is 17.4. The minimum absolute atomic E-state index is 0.147. The van der Waals surface area contributed by atoms with Gasteiger partial charge in [-0.1, -0.05) is 61.5 Å². The Balaban J connectivity index is 1.39. The predicted molar refractivity (Wildman–Crippen MR) is 148 cm³/mol. The van der Waals surface area contributed by atoms with Crippen LogP contribution in [-0.4, -0.2) is 38.0 Å². The molecule has 0 bridgehead atoms. The molecular weight excluding hydrogens is 490 g/mol. The van der Waals surface area contributed by atoms with Crippen molar-refractivity contribution in [2.24, 2.45) is 5.92 Å². The van der Waals surface area contributed by atoms with Crippen LogP contribution in [0.25, 0.3) is 22.6 Å². The molecule has 1 amide bonds. The number of carbonyl (C=O) groups is 1. The lowest BCUT2D eigenvalue weighted by molar-refractivity contribution is -0.113. The monoisotopic (exact) mass is 519 g/mol. The second-order valence-corrected chi connectivity index (χ2v) is 10.5. The number of rotatable bonds is 11. The number of carbonyl (C=O) groups excluding carboxylic acids is 1. The van der Waals surface area contributed by atoms with Crippen molar-refractivity contribution in [1.29, 1.82) is 0 Å². The highest BCUT2D eigenvalue weighted by molar-refractivity contribution is 7.99. The van der Waals surface area contributed by atoms with Crippen LogP contribution in [0.4, 0.5) is 5.13 Å². The molecule has 0 unspecified atom stereocenters. The van der Waals surface area contributed by atoms with E-state index in [-0.39, 0.29) is 11.7 Å². The normalized spacial score (nSPS) is 11.0. The van der Waals surface area contributed by atoms with Crippen molar-refractivity contribution in [3.63, 3.8) is 0 Å². The predicted octanol–water partition coefficient (Wildman–Crippen LogP) is 6.33. The van der Waals surface area contributed by atoms with Crippen molar-refractivity contribution in [2.75, 3.05) is 17.7 Å². The van der Waals surface area contributed by atoms with Crippen LogP contribution >= 0.6 is 23.1 Å². The van der Waals surface area contributed by atoms with Crippen molar-refractivity contribution in [1.82, 2.24) is 19.7 Å². The lowest BCUT2D eigenvalue weighted by atomic mass is 10.1. The van der Waals surface area contributed by atoms with E-state index in [1.165, 1.54) is 28.7 Å². The van der Waals surface area contributed by atoms with Gasteiger partial charge in [0.15, 0.2) is 16.1 Å². The molecule has 0 aliphatic carbocycles. The molecule has 0 saturated heterocycles. The summed E-state index contributed by atoms with van der Waals surface area (Å²) in [6.07, 6.45) is 1.79. The number of benzene rings is 2. The number of aromatic nitrogens is 4. The molecule has 4 aromatic rings. The van der Waals surface area contributed by atoms with E-state index in [2.05, 4.69) is 40.9 Å². The van der Waals surface area contributed by atoms with Crippen LogP contribution in [0.15, 0.2) is 71.7 Å². The highest BCUT2D eigenvalue weighted by Gasteiger charge is 2.16. The zero-order valence-electron chi connectivity index (χ0n) is 20.6. The molecule has 0 atom stereocenters. The maximum Gasteiger partial charge on any atom is 0.236 e. The number of nitrogens with one attached hydrogen (secondary N) is 1. The van der Waals surface area contributed by atoms with Crippen LogP contribution in [0, 0.1) is 12.8 Å². The Morgan fingerprint density at radius 2 is 1.86 bits per heavy atom. The second kappa shape index (κ2) is 12.0. The van der Waals surface area contributed by atoms with Gasteiger partial charge in [0.2, 0.25) is 5.91 Å². The zero-order chi connectivity index (χ0) is 25.5. The molecule has 9 heteroatoms. The zero-order valence-corrected chi connectivity index (χ0v) is 22.2. The first kappa shape index (κ1) is 25.7. The third kappa shape index (κ3) is 6.61. The maximum absolute atomic E-state index is 12.6. The van der Waals surface area contributed by atoms with Gasteiger partial charge in [0.1, 0.15) is 5.75 Å². The molecule has 7 nitrogen and oxygen atoms in total. The lowest BCUT2D eigenvalue weighted by Crippen LogP contribution is -2.14. The van der Waals surface area contributed by atoms with Gasteiger partial charge in [0.05, 0.1) is 18.1 Å². The summed E-state index contributed by atoms with van der Waals surface area (Å²) in [6.45, 7) is 11.3. The second-order valence-electron chi connectivity index (χ2n) is 8.68. The van der Waals surface area contributed by atoms with E-state index in [1.54, 1.807) is 6.08 Å². The Morgan fingerprint density at radius 1 is 1.14 bits per heavy atom. The van der Waals surface area contributed by atoms with Gasteiger partial charge in [-0.15, -0.1) is 28.1 Å². The largest absolute Gasteiger partial charge is 0.493 e. The Hall–Kier alpha value is -3.43. The first-order valence-corrected chi connectivity index (χ1v) is 13.5. The van der Waals surface area contributed by atoms with Gasteiger partial charge in [-0.2, -0.15) is 0 Å². The molecule has 0 radical (unpaired) electrons. The number of aryl methyl sites for hydroxylation is 1. The molecule has 36 heavy (non-hydrogen) atoms. The Labute approximate surface area is 219 Å². The summed E-state index contributed by atoms with van der Waals surface area (Å²) in [5.41, 5.74) is 3.99. The maximum atomic E-state index is 12.6. The van der Waals surface area contributed by atoms with Gasteiger partial charge in [0.25, 0.3) is 0 Å². The summed E-state index contributed by atoms with van der Waals surface area (Å²) < 4.78 is 7.73. The quantitative estimate of drug-likeness (QED) is 0.184. The standard InChI is InChI=1S/C27H29N5O2S2/c1-5-14-32-25(21-10-12-22(13-11-21)34-15-18(2)3)30-31-27(32)36-17-24(33)29-26-28-23(16-35-26)20-8-6-19(4)7-9-20/h5-13,16,18H,1,14-15,17H2,2-4H3,(H,28,29,33). The number of nitrogens with zero attached hydrogens (tertiary/aromatic N) is 4. The van der Waals surface area contributed by atoms with Crippen LogP contribution in [-0.2, 0) is 11.3 Å². The van der Waals surface area contributed by atoms with Gasteiger partial charge in [0, 0.05) is 23.1 Å². The highest BCUT2D eigenvalue weighted by atomic mass is 32.2. The van der Waals surface area contributed by atoms with Crippen molar-refractivity contribution < 1.29 is 9.53 Å². The van der Waals surface area contributed by atoms with E-state index in [9.17, 15) is 4.79 Å². The highest BCUT2D eigenvalue weighted by Crippen LogP contribution is 2.28. The average Bonchev–Trinajstić information content (AvgIpc) is 3.50. The Bertz CT molecular complexity index is 1310. The van der Waals surface area contributed by atoms with Gasteiger partial charge in [-0.25, -0.2) is 4.98 Å². The van der Waals surface area contributed by atoms with E-state index in [0.29, 0.717) is 29.4 Å². The molecule has 186 valence electrons. The van der Waals surface area contributed by atoms with Crippen LogP contribution < -0.4 is 10.1 Å². The third-order valence-electron chi connectivity index (χ3n) is 5.15. The minimum Gasteiger partial charge on any atom is -0.493 e. The van der Waals surface area contributed by atoms with E-state index in [4.69, 9.17) is 4.74 Å². The van der Waals surface area contributed by atoms with E-state index >= 15 is 0 Å². The molecule has 2 aromatic heterocycles. The summed E-state index contributed by atoms with van der Waals surface area (Å²) in [6, 6.07) is 16.0. The molecule has 0 aliphatic heterocycles. The number of anilines is 1. The van der Waals surface area contributed by atoms with Crippen molar-refractivity contribution in [3.8, 4) is 28.4 Å². The van der Waals surface area contributed by atoms with Crippen molar-refractivity contribution in [3.05, 3.63) is 72.1 Å². The van der Waals surface area contributed by atoms with Gasteiger partial charge >= 0.3 is 0 Å². The first-order valence-electron chi connectivity index (χ1n) is 11.7. The fourth-order valence-corrected chi connectivity index (χ4v) is 4.82. The molecule has 2 heterocycles. The van der Waals surface area contributed by atoms with Crippen LogP contribution in [0.2, 0.25) is 0 Å². The number of hydrogen-bond donors (Lipinski definition) is 1. The average molecular weight is 520 g/mol. The molecule has 1 N–H and O–H groups in total. The molecule has 0 aliphatic rings. The molecular formula is C27H29N5O2S2. The van der Waals surface area contributed by atoms with Crippen LogP contribution in [0.3, 0.4) is 0 Å². The minimum atomic E-state index is -0.147. The molecule has 0 spiro atoms. The number of hydrogen-bond acceptors (Lipinski definition) is 7. The Morgan fingerprint density at radius 3 is 2.56 bits per heavy atom. The van der Waals surface area contributed by atoms with Gasteiger partial charge < -0.3 is 10.1 Å². The fourth-order valence-electron chi connectivity index (χ4n) is 3.34. The smallest absolute Gasteiger partial charge is 0.236 e. The fraction of sp³-hybridized carbons (Fsp3) is 0.259. The van der Waals surface area contributed by atoms with E-state index < -0.39 is 0 Å². The Kier molecular flexibility index (Phi) is 8.56. The third-order valence-corrected chi connectivity index (χ3v) is 6.88. The summed E-state index contributed by atoms with van der Waals surface area (Å²) in [5, 5.41) is 14.8. The van der Waals surface area contributed by atoms with Gasteiger partial charge in [-0.3, -0.25) is 9.36 Å². The van der Waals surface area contributed by atoms with Crippen molar-refractivity contribution in [2.45, 2.75) is 32.5 Å². The summed E-state index contributed by atoms with van der Waals surface area (Å²) >= 11 is 2.74. The summed E-state index contributed by atoms with van der Waals surface area (Å²) in [7, 11) is 0. The van der Waals surface area contributed by atoms with Crippen molar-refractivity contribution >= 4 is 34.1 Å². The number of thiazole rings is 1. The van der Waals surface area contributed by atoms with Crippen LogP contribution in [0.5, 0.6) is 5.75 Å². The summed E-state index contributed by atoms with van der Waals surface area (Å²) in [5.74, 6) is 2.04. The number of amides is 1. The van der Waals surface area contributed by atoms with Gasteiger partial charge in [-0.05, 0) is 37.1 Å². The molecule has 0 fully saturated rings. The summed E-state index contributed by atoms with van der Waals surface area (Å²) in [4.78, 5) is 17.2. The SMILES string of the molecule is C=CCn1c(SCC(=O)Nc2nc(-c3ccc(C)cc3)cs2)nnc1-c1ccc(OCC(C)C)cc1. The van der Waals surface area contributed by atoms with E-state index in [0.717, 1.165) is 28.4 Å². The lowest BCUT2D eigenvalue weighted by Gasteiger charge is -2.10. The number of ether oxygens (including phenoxy) is 1. The number of allylic oxidation sites excluding steroid dienone is 1. The molecule has 2 aromatic carbocycles.